The van der Waals surface area contributed by atoms with Gasteiger partial charge in [-0.25, -0.2) is 0 Å². The summed E-state index contributed by atoms with van der Waals surface area (Å²) < 4.78 is 30.0. The van der Waals surface area contributed by atoms with E-state index in [9.17, 15) is 4.79 Å². The number of carbonyl (C=O) groups excluding carboxylic acids is 1. The summed E-state index contributed by atoms with van der Waals surface area (Å²) in [4.78, 5) is 13.2. The Hall–Kier alpha value is -2.03. The number of rotatable bonds is 2. The van der Waals surface area contributed by atoms with Crippen molar-refractivity contribution in [1.29, 1.82) is 0 Å². The molecular weight excluding hydrogens is 374 g/mol. The van der Waals surface area contributed by atoms with E-state index in [1.807, 2.05) is 70.2 Å². The average Bonchev–Trinajstić information content (AvgIpc) is 3.15. The molecule has 154 valence electrons. The Balaban J connectivity index is 1.44. The fourth-order valence-corrected chi connectivity index (χ4v) is 4.36. The summed E-state index contributed by atoms with van der Waals surface area (Å²) in [5, 5.41) is 5.00. The van der Waals surface area contributed by atoms with Crippen molar-refractivity contribution in [3.63, 3.8) is 0 Å². The van der Waals surface area contributed by atoms with Gasteiger partial charge in [0.25, 0.3) is 5.91 Å². The van der Waals surface area contributed by atoms with Gasteiger partial charge >= 0.3 is 0 Å². The molecule has 2 aromatic rings. The van der Waals surface area contributed by atoms with Crippen LogP contribution in [-0.2, 0) is 28.5 Å². The summed E-state index contributed by atoms with van der Waals surface area (Å²) in [6.07, 6.45) is -3.11. The van der Waals surface area contributed by atoms with Crippen molar-refractivity contribution in [3.05, 3.63) is 42.5 Å². The van der Waals surface area contributed by atoms with Crippen LogP contribution in [0.2, 0.25) is 0 Å². The van der Waals surface area contributed by atoms with Gasteiger partial charge in [-0.3, -0.25) is 4.79 Å². The number of fused-ring (bicyclic) bond motifs is 4. The van der Waals surface area contributed by atoms with E-state index in [1.165, 1.54) is 0 Å². The zero-order chi connectivity index (χ0) is 20.4. The largest absolute Gasteiger partial charge is 0.342 e. The summed E-state index contributed by atoms with van der Waals surface area (Å²) >= 11 is 0. The van der Waals surface area contributed by atoms with Crippen LogP contribution in [0.25, 0.3) is 10.8 Å². The van der Waals surface area contributed by atoms with Gasteiger partial charge in [0.15, 0.2) is 24.0 Å². The van der Waals surface area contributed by atoms with Crippen LogP contribution < -0.4 is 5.32 Å². The molecule has 3 aliphatic heterocycles. The molecule has 29 heavy (non-hydrogen) atoms. The van der Waals surface area contributed by atoms with Gasteiger partial charge in [-0.15, -0.1) is 0 Å². The number of amides is 1. The minimum absolute atomic E-state index is 0.301. The van der Waals surface area contributed by atoms with E-state index in [4.69, 9.17) is 23.7 Å². The second-order valence-corrected chi connectivity index (χ2v) is 8.61. The van der Waals surface area contributed by atoms with Crippen molar-refractivity contribution >= 4 is 22.4 Å². The van der Waals surface area contributed by atoms with Crippen LogP contribution in [0.4, 0.5) is 5.69 Å². The zero-order valence-corrected chi connectivity index (χ0v) is 16.9. The molecule has 5 rings (SSSR count). The number of nitrogens with one attached hydrogen (secondary N) is 1. The van der Waals surface area contributed by atoms with Crippen LogP contribution in [0.15, 0.2) is 42.5 Å². The molecule has 0 saturated carbocycles. The van der Waals surface area contributed by atoms with E-state index in [1.54, 1.807) is 0 Å². The molecule has 0 radical (unpaired) electrons. The Kier molecular flexibility index (Phi) is 4.24. The lowest BCUT2D eigenvalue weighted by Crippen LogP contribution is -2.58. The third-order valence-corrected chi connectivity index (χ3v) is 5.46. The molecule has 0 spiro atoms. The maximum Gasteiger partial charge on any atom is 0.256 e. The van der Waals surface area contributed by atoms with E-state index >= 15 is 0 Å². The molecule has 7 nitrogen and oxygen atoms in total. The van der Waals surface area contributed by atoms with Crippen molar-refractivity contribution in [1.82, 2.24) is 0 Å². The molecule has 0 aromatic heterocycles. The Morgan fingerprint density at radius 2 is 1.48 bits per heavy atom. The van der Waals surface area contributed by atoms with Gasteiger partial charge in [-0.05, 0) is 39.1 Å². The highest BCUT2D eigenvalue weighted by molar-refractivity contribution is 6.03. The van der Waals surface area contributed by atoms with Gasteiger partial charge in [0.05, 0.1) is 0 Å². The monoisotopic (exact) mass is 399 g/mol. The van der Waals surface area contributed by atoms with Crippen LogP contribution in [0, 0.1) is 0 Å². The van der Waals surface area contributed by atoms with E-state index in [0.29, 0.717) is 0 Å². The Bertz CT molecular complexity index is 952. The van der Waals surface area contributed by atoms with Gasteiger partial charge < -0.3 is 29.0 Å². The third kappa shape index (κ3) is 3.33. The predicted octanol–water partition coefficient (Wildman–Crippen LogP) is 3.17. The number of benzene rings is 2. The zero-order valence-electron chi connectivity index (χ0n) is 16.9. The Morgan fingerprint density at radius 1 is 0.828 bits per heavy atom. The lowest BCUT2D eigenvalue weighted by Gasteiger charge is -2.36. The quantitative estimate of drug-likeness (QED) is 0.836. The minimum atomic E-state index is -0.889. The molecule has 1 N–H and O–H groups in total. The number of anilines is 1. The summed E-state index contributed by atoms with van der Waals surface area (Å²) in [6, 6.07) is 13.7. The van der Waals surface area contributed by atoms with Gasteiger partial charge in [0.2, 0.25) is 0 Å². The second kappa shape index (κ2) is 6.48. The van der Waals surface area contributed by atoms with E-state index < -0.39 is 42.3 Å². The summed E-state index contributed by atoms with van der Waals surface area (Å²) in [5.74, 6) is -1.97. The van der Waals surface area contributed by atoms with Crippen LogP contribution >= 0.6 is 0 Å². The van der Waals surface area contributed by atoms with Gasteiger partial charge in [-0.2, -0.15) is 0 Å². The summed E-state index contributed by atoms with van der Waals surface area (Å²) in [5.41, 5.74) is 0.720. The maximum absolute atomic E-state index is 13.2. The molecule has 3 aliphatic rings. The van der Waals surface area contributed by atoms with E-state index in [2.05, 4.69) is 5.32 Å². The molecule has 7 heteroatoms. The minimum Gasteiger partial charge on any atom is -0.342 e. The molecule has 5 atom stereocenters. The molecule has 3 heterocycles. The van der Waals surface area contributed by atoms with Crippen molar-refractivity contribution in [2.45, 2.75) is 70.0 Å². The first-order valence-electron chi connectivity index (χ1n) is 9.88. The topological polar surface area (TPSA) is 75.3 Å². The van der Waals surface area contributed by atoms with Crippen LogP contribution in [-0.4, -0.2) is 48.2 Å². The van der Waals surface area contributed by atoms with Crippen LogP contribution in [0.3, 0.4) is 0 Å². The van der Waals surface area contributed by atoms with Crippen molar-refractivity contribution in [3.8, 4) is 0 Å². The molecular formula is C22H25NO6. The lowest BCUT2D eigenvalue weighted by atomic mass is 9.98. The third-order valence-electron chi connectivity index (χ3n) is 5.46. The van der Waals surface area contributed by atoms with Crippen molar-refractivity contribution < 1.29 is 28.5 Å². The summed E-state index contributed by atoms with van der Waals surface area (Å²) in [7, 11) is 0. The maximum atomic E-state index is 13.2. The van der Waals surface area contributed by atoms with E-state index in [0.717, 1.165) is 16.5 Å². The van der Waals surface area contributed by atoms with E-state index in [-0.39, 0.29) is 5.91 Å². The molecule has 0 bridgehead atoms. The molecule has 2 aromatic carbocycles. The Morgan fingerprint density at radius 3 is 2.31 bits per heavy atom. The predicted molar refractivity (Wildman–Crippen MR) is 105 cm³/mol. The molecule has 5 unspecified atom stereocenters. The molecule has 0 aliphatic carbocycles. The van der Waals surface area contributed by atoms with Gasteiger partial charge in [0.1, 0.15) is 18.3 Å². The highest BCUT2D eigenvalue weighted by atomic mass is 16.9. The number of ether oxygens (including phenoxy) is 5. The fourth-order valence-electron chi connectivity index (χ4n) is 4.36. The SMILES string of the molecule is CC1(C)OC2OC(C(=O)Nc3cccc4ccccc34)C3OC(C)(C)OC3C2O1. The molecule has 3 saturated heterocycles. The lowest BCUT2D eigenvalue weighted by molar-refractivity contribution is -0.229. The highest BCUT2D eigenvalue weighted by Crippen LogP contribution is 2.44. The van der Waals surface area contributed by atoms with Crippen LogP contribution in [0.5, 0.6) is 0 Å². The number of hydrogen-bond donors (Lipinski definition) is 1. The normalized spacial score (nSPS) is 34.6. The molecule has 3 fully saturated rings. The first kappa shape index (κ1) is 19.0. The molecule has 1 amide bonds. The number of hydrogen-bond acceptors (Lipinski definition) is 6. The number of carbonyl (C=O) groups is 1. The van der Waals surface area contributed by atoms with Crippen LogP contribution in [0.1, 0.15) is 27.7 Å². The van der Waals surface area contributed by atoms with Gasteiger partial charge in [0, 0.05) is 11.1 Å². The standard InChI is InChI=1S/C22H25NO6/c1-21(2)26-15-16(27-21)18-20(29-22(3,4)28-18)25-17(15)19(24)23-14-11-7-9-12-8-5-6-10-13(12)14/h5-11,15-18,20H,1-4H3,(H,23,24). The van der Waals surface area contributed by atoms with Crippen molar-refractivity contribution in [2.24, 2.45) is 0 Å². The second-order valence-electron chi connectivity index (χ2n) is 8.61. The smallest absolute Gasteiger partial charge is 0.256 e. The van der Waals surface area contributed by atoms with Crippen molar-refractivity contribution in [2.75, 3.05) is 5.32 Å². The fraction of sp³-hybridized carbons (Fsp3) is 0.500. The first-order valence-corrected chi connectivity index (χ1v) is 9.88. The first-order chi connectivity index (χ1) is 13.7. The average molecular weight is 399 g/mol. The van der Waals surface area contributed by atoms with Gasteiger partial charge in [-0.1, -0.05) is 36.4 Å². The highest BCUT2D eigenvalue weighted by Gasteiger charge is 2.62. The summed E-state index contributed by atoms with van der Waals surface area (Å²) in [6.45, 7) is 7.27. The Labute approximate surface area is 169 Å².